The average Bonchev–Trinajstić information content (AvgIpc) is 2.30. The summed E-state index contributed by atoms with van der Waals surface area (Å²) < 4.78 is 5.17. The van der Waals surface area contributed by atoms with Crippen LogP contribution in [0, 0.1) is 5.41 Å². The minimum atomic E-state index is 0.253. The molecule has 16 heavy (non-hydrogen) atoms. The standard InChI is InChI=1S/C14H23NO/c1-6-14(2,3)13(15-4)11-7-9-12(16-5)10-8-11/h7-10,13,15H,6H2,1-5H3. The molecule has 0 saturated heterocycles. The first kappa shape index (κ1) is 13.0. The Hall–Kier alpha value is -1.02. The smallest absolute Gasteiger partial charge is 0.118 e. The molecule has 90 valence electrons. The van der Waals surface area contributed by atoms with E-state index < -0.39 is 0 Å². The predicted molar refractivity (Wildman–Crippen MR) is 68.9 cm³/mol. The van der Waals surface area contributed by atoms with Gasteiger partial charge in [0.1, 0.15) is 5.75 Å². The summed E-state index contributed by atoms with van der Waals surface area (Å²) in [6.07, 6.45) is 1.14. The first-order valence-electron chi connectivity index (χ1n) is 5.86. The lowest BCUT2D eigenvalue weighted by molar-refractivity contribution is 0.245. The first-order chi connectivity index (χ1) is 7.55. The van der Waals surface area contributed by atoms with Crippen LogP contribution in [0.15, 0.2) is 24.3 Å². The summed E-state index contributed by atoms with van der Waals surface area (Å²) in [5, 5.41) is 3.41. The van der Waals surface area contributed by atoms with Crippen LogP contribution in [0.5, 0.6) is 5.75 Å². The molecule has 0 saturated carbocycles. The van der Waals surface area contributed by atoms with Crippen LogP contribution in [0.25, 0.3) is 0 Å². The fraction of sp³-hybridized carbons (Fsp3) is 0.571. The topological polar surface area (TPSA) is 21.3 Å². The maximum atomic E-state index is 5.17. The fourth-order valence-corrected chi connectivity index (χ4v) is 2.01. The normalized spacial score (nSPS) is 13.6. The van der Waals surface area contributed by atoms with E-state index in [0.717, 1.165) is 12.2 Å². The molecule has 2 heteroatoms. The van der Waals surface area contributed by atoms with Crippen LogP contribution >= 0.6 is 0 Å². The van der Waals surface area contributed by atoms with Gasteiger partial charge in [0.2, 0.25) is 0 Å². The molecule has 1 aromatic carbocycles. The highest BCUT2D eigenvalue weighted by molar-refractivity contribution is 5.30. The summed E-state index contributed by atoms with van der Waals surface area (Å²) in [6.45, 7) is 6.81. The molecule has 1 rings (SSSR count). The van der Waals surface area contributed by atoms with Crippen LogP contribution in [0.1, 0.15) is 38.8 Å². The van der Waals surface area contributed by atoms with E-state index in [9.17, 15) is 0 Å². The van der Waals surface area contributed by atoms with Crippen LogP contribution in [-0.4, -0.2) is 14.2 Å². The number of nitrogens with one attached hydrogen (secondary N) is 1. The molecule has 0 aromatic heterocycles. The van der Waals surface area contributed by atoms with Gasteiger partial charge in [-0.15, -0.1) is 0 Å². The Kier molecular flexibility index (Phi) is 4.36. The summed E-state index contributed by atoms with van der Waals surface area (Å²) in [7, 11) is 3.72. The van der Waals surface area contributed by atoms with Gasteiger partial charge in [-0.25, -0.2) is 0 Å². The summed E-state index contributed by atoms with van der Waals surface area (Å²) in [6, 6.07) is 8.69. The third-order valence-corrected chi connectivity index (χ3v) is 3.43. The Bertz CT molecular complexity index is 316. The molecule has 1 atom stereocenters. The second-order valence-corrected chi connectivity index (χ2v) is 4.84. The zero-order chi connectivity index (χ0) is 12.2. The number of ether oxygens (including phenoxy) is 1. The van der Waals surface area contributed by atoms with Crippen molar-refractivity contribution in [3.05, 3.63) is 29.8 Å². The van der Waals surface area contributed by atoms with Gasteiger partial charge in [0.15, 0.2) is 0 Å². The zero-order valence-corrected chi connectivity index (χ0v) is 11.0. The minimum absolute atomic E-state index is 0.253. The van der Waals surface area contributed by atoms with Gasteiger partial charge in [-0.1, -0.05) is 32.9 Å². The van der Waals surface area contributed by atoms with Crippen LogP contribution in [0.2, 0.25) is 0 Å². The fourth-order valence-electron chi connectivity index (χ4n) is 2.01. The molecule has 2 nitrogen and oxygen atoms in total. The summed E-state index contributed by atoms with van der Waals surface area (Å²) in [5.41, 5.74) is 1.57. The van der Waals surface area contributed by atoms with Crippen molar-refractivity contribution in [2.24, 2.45) is 5.41 Å². The lowest BCUT2D eigenvalue weighted by Crippen LogP contribution is -2.31. The van der Waals surface area contributed by atoms with E-state index in [-0.39, 0.29) is 5.41 Å². The number of methoxy groups -OCH3 is 1. The van der Waals surface area contributed by atoms with Gasteiger partial charge in [-0.2, -0.15) is 0 Å². The van der Waals surface area contributed by atoms with Crippen molar-refractivity contribution in [1.29, 1.82) is 0 Å². The molecule has 0 aliphatic carbocycles. The van der Waals surface area contributed by atoms with Gasteiger partial charge in [0.05, 0.1) is 7.11 Å². The highest BCUT2D eigenvalue weighted by Gasteiger charge is 2.27. The van der Waals surface area contributed by atoms with Crippen molar-refractivity contribution in [1.82, 2.24) is 5.32 Å². The molecule has 0 heterocycles. The molecule has 0 radical (unpaired) electrons. The molecular weight excluding hydrogens is 198 g/mol. The van der Waals surface area contributed by atoms with Crippen LogP contribution < -0.4 is 10.1 Å². The van der Waals surface area contributed by atoms with Crippen molar-refractivity contribution in [3.63, 3.8) is 0 Å². The van der Waals surface area contributed by atoms with E-state index in [4.69, 9.17) is 4.74 Å². The Balaban J connectivity index is 2.95. The molecule has 0 fully saturated rings. The quantitative estimate of drug-likeness (QED) is 0.823. The van der Waals surface area contributed by atoms with E-state index in [0.29, 0.717) is 6.04 Å². The van der Waals surface area contributed by atoms with E-state index in [1.807, 2.05) is 19.2 Å². The SMILES string of the molecule is CCC(C)(C)C(NC)c1ccc(OC)cc1. The summed E-state index contributed by atoms with van der Waals surface area (Å²) in [4.78, 5) is 0. The van der Waals surface area contributed by atoms with Crippen LogP contribution in [0.4, 0.5) is 0 Å². The van der Waals surface area contributed by atoms with Gasteiger partial charge in [-0.3, -0.25) is 0 Å². The molecule has 0 bridgehead atoms. The average molecular weight is 221 g/mol. The van der Waals surface area contributed by atoms with E-state index in [1.54, 1.807) is 7.11 Å². The number of rotatable bonds is 5. The Morgan fingerprint density at radius 1 is 1.25 bits per heavy atom. The third kappa shape index (κ3) is 2.76. The lowest BCUT2D eigenvalue weighted by atomic mass is 9.78. The summed E-state index contributed by atoms with van der Waals surface area (Å²) in [5.74, 6) is 0.910. The predicted octanol–water partition coefficient (Wildman–Crippen LogP) is 3.39. The Morgan fingerprint density at radius 2 is 1.81 bits per heavy atom. The molecule has 0 aliphatic heterocycles. The summed E-state index contributed by atoms with van der Waals surface area (Å²) >= 11 is 0. The third-order valence-electron chi connectivity index (χ3n) is 3.43. The van der Waals surface area contributed by atoms with Crippen LogP contribution in [-0.2, 0) is 0 Å². The van der Waals surface area contributed by atoms with Gasteiger partial charge in [-0.05, 0) is 36.6 Å². The highest BCUT2D eigenvalue weighted by Crippen LogP contribution is 2.36. The van der Waals surface area contributed by atoms with Crippen molar-refractivity contribution in [2.75, 3.05) is 14.2 Å². The van der Waals surface area contributed by atoms with Crippen LogP contribution in [0.3, 0.4) is 0 Å². The number of hydrogen-bond acceptors (Lipinski definition) is 2. The van der Waals surface area contributed by atoms with Crippen molar-refractivity contribution in [3.8, 4) is 5.75 Å². The number of benzene rings is 1. The van der Waals surface area contributed by atoms with Gasteiger partial charge >= 0.3 is 0 Å². The largest absolute Gasteiger partial charge is 0.497 e. The van der Waals surface area contributed by atoms with E-state index in [2.05, 4.69) is 38.2 Å². The molecule has 0 spiro atoms. The molecule has 1 aromatic rings. The molecule has 0 aliphatic rings. The molecular formula is C14H23NO. The monoisotopic (exact) mass is 221 g/mol. The molecule has 1 N–H and O–H groups in total. The van der Waals surface area contributed by atoms with Crippen molar-refractivity contribution < 1.29 is 4.74 Å². The van der Waals surface area contributed by atoms with Crippen molar-refractivity contribution in [2.45, 2.75) is 33.2 Å². The maximum absolute atomic E-state index is 5.17. The Morgan fingerprint density at radius 3 is 2.19 bits per heavy atom. The lowest BCUT2D eigenvalue weighted by Gasteiger charge is -2.33. The first-order valence-corrected chi connectivity index (χ1v) is 5.86. The van der Waals surface area contributed by atoms with Crippen molar-refractivity contribution >= 4 is 0 Å². The van der Waals surface area contributed by atoms with E-state index >= 15 is 0 Å². The number of hydrogen-bond donors (Lipinski definition) is 1. The molecule has 0 amide bonds. The molecule has 1 unspecified atom stereocenters. The van der Waals surface area contributed by atoms with Gasteiger partial charge < -0.3 is 10.1 Å². The maximum Gasteiger partial charge on any atom is 0.118 e. The van der Waals surface area contributed by atoms with Gasteiger partial charge in [0, 0.05) is 6.04 Å². The second kappa shape index (κ2) is 5.35. The Labute approximate surface area is 99.0 Å². The zero-order valence-electron chi connectivity index (χ0n) is 11.0. The van der Waals surface area contributed by atoms with Gasteiger partial charge in [0.25, 0.3) is 0 Å². The van der Waals surface area contributed by atoms with E-state index in [1.165, 1.54) is 5.56 Å². The second-order valence-electron chi connectivity index (χ2n) is 4.84. The minimum Gasteiger partial charge on any atom is -0.497 e. The highest BCUT2D eigenvalue weighted by atomic mass is 16.5.